The molecule has 0 fully saturated rings. The third-order valence-corrected chi connectivity index (χ3v) is 6.87. The molecule has 0 atom stereocenters. The minimum atomic E-state index is -3.53. The number of aryl methyl sites for hydroxylation is 1. The maximum Gasteiger partial charge on any atom is 0.233 e. The van der Waals surface area contributed by atoms with E-state index in [9.17, 15) is 8.42 Å². The summed E-state index contributed by atoms with van der Waals surface area (Å²) in [6.45, 7) is 4.52. The first kappa shape index (κ1) is 21.2. The van der Waals surface area contributed by atoms with E-state index in [2.05, 4.69) is 30.3 Å². The molecule has 12 heteroatoms. The number of nitrogens with zero attached hydrogens (tertiary/aromatic N) is 7. The van der Waals surface area contributed by atoms with Gasteiger partial charge < -0.3 is 4.84 Å². The van der Waals surface area contributed by atoms with Gasteiger partial charge in [-0.1, -0.05) is 12.1 Å². The lowest BCUT2D eigenvalue weighted by Crippen LogP contribution is -2.38. The molecule has 0 amide bonds. The van der Waals surface area contributed by atoms with Crippen molar-refractivity contribution in [2.75, 3.05) is 23.7 Å². The summed E-state index contributed by atoms with van der Waals surface area (Å²) in [5.41, 5.74) is 2.55. The first-order chi connectivity index (χ1) is 14.9. The molecule has 4 heterocycles. The van der Waals surface area contributed by atoms with E-state index in [-0.39, 0.29) is 12.4 Å². The van der Waals surface area contributed by atoms with Crippen LogP contribution >= 0.6 is 11.3 Å². The number of thiazole rings is 1. The van der Waals surface area contributed by atoms with E-state index in [1.807, 2.05) is 26.0 Å². The second-order valence-electron chi connectivity index (χ2n) is 6.94. The molecule has 1 aliphatic rings. The van der Waals surface area contributed by atoms with Gasteiger partial charge in [-0.25, -0.2) is 18.4 Å². The van der Waals surface area contributed by atoms with Crippen LogP contribution < -0.4 is 4.31 Å². The Balaban J connectivity index is 1.79. The van der Waals surface area contributed by atoms with E-state index >= 15 is 0 Å². The molecule has 0 N–H and O–H groups in total. The van der Waals surface area contributed by atoms with E-state index in [4.69, 9.17) is 4.84 Å². The van der Waals surface area contributed by atoms with Crippen molar-refractivity contribution in [3.63, 3.8) is 0 Å². The van der Waals surface area contributed by atoms with Crippen molar-refractivity contribution >= 4 is 32.9 Å². The molecule has 0 aromatic carbocycles. The fourth-order valence-electron chi connectivity index (χ4n) is 3.05. The number of anilines is 1. The number of fused-ring (bicyclic) bond motifs is 1. The van der Waals surface area contributed by atoms with E-state index in [1.165, 1.54) is 15.6 Å². The summed E-state index contributed by atoms with van der Waals surface area (Å²) in [4.78, 5) is 19.5. The summed E-state index contributed by atoms with van der Waals surface area (Å²) < 4.78 is 25.7. The Morgan fingerprint density at radius 3 is 2.84 bits per heavy atom. The number of hydrogen-bond donors (Lipinski definition) is 0. The Morgan fingerprint density at radius 2 is 2.13 bits per heavy atom. The molecule has 0 saturated heterocycles. The van der Waals surface area contributed by atoms with E-state index in [0.29, 0.717) is 30.3 Å². The smallest absolute Gasteiger partial charge is 0.233 e. The predicted octanol–water partition coefficient (Wildman–Crippen LogP) is 2.67. The van der Waals surface area contributed by atoms with Crippen molar-refractivity contribution in [3.05, 3.63) is 35.9 Å². The van der Waals surface area contributed by atoms with Crippen LogP contribution in [0.3, 0.4) is 0 Å². The van der Waals surface area contributed by atoms with Crippen molar-refractivity contribution in [3.8, 4) is 21.3 Å². The van der Waals surface area contributed by atoms with Gasteiger partial charge in [0.25, 0.3) is 0 Å². The standard InChI is InChI=1S/C19H21N7O3S2/c1-4-10-29-25-14-7-9-26(31(3,27)28)18-15(14)22-17(23-24-18)16-12(2)21-19(30-16)13-6-5-8-20-11-13/h5-6,8,11H,4,7,9-10H2,1-3H3/b25-14+. The van der Waals surface area contributed by atoms with Crippen LogP contribution in [0.4, 0.5) is 5.82 Å². The van der Waals surface area contributed by atoms with E-state index in [1.54, 1.807) is 12.4 Å². The fourth-order valence-corrected chi connectivity index (χ4v) is 4.90. The molecule has 0 aliphatic carbocycles. The van der Waals surface area contributed by atoms with Crippen molar-refractivity contribution < 1.29 is 13.3 Å². The van der Waals surface area contributed by atoms with Crippen molar-refractivity contribution in [1.29, 1.82) is 0 Å². The average Bonchev–Trinajstić information content (AvgIpc) is 3.15. The second kappa shape index (κ2) is 8.63. The van der Waals surface area contributed by atoms with Crippen LogP contribution in [-0.2, 0) is 14.9 Å². The minimum Gasteiger partial charge on any atom is -0.396 e. The SMILES string of the molecule is CCCO/N=C1\CCN(S(C)(=O)=O)c2nnc(-c3sc(-c4cccnc4)nc3C)nc21. The van der Waals surface area contributed by atoms with Crippen LogP contribution in [0.25, 0.3) is 21.3 Å². The lowest BCUT2D eigenvalue weighted by Gasteiger charge is -2.27. The van der Waals surface area contributed by atoms with Crippen molar-refractivity contribution in [2.45, 2.75) is 26.7 Å². The van der Waals surface area contributed by atoms with E-state index in [0.717, 1.165) is 33.8 Å². The van der Waals surface area contributed by atoms with Crippen molar-refractivity contribution in [1.82, 2.24) is 25.1 Å². The molecule has 0 radical (unpaired) electrons. The Bertz CT molecular complexity index is 1230. The van der Waals surface area contributed by atoms with Crippen LogP contribution in [0.1, 0.15) is 31.2 Å². The molecule has 3 aromatic rings. The summed E-state index contributed by atoms with van der Waals surface area (Å²) >= 11 is 1.43. The average molecular weight is 460 g/mol. The molecule has 0 bridgehead atoms. The number of rotatable bonds is 6. The Morgan fingerprint density at radius 1 is 1.29 bits per heavy atom. The molecule has 162 valence electrons. The summed E-state index contributed by atoms with van der Waals surface area (Å²) in [7, 11) is -3.53. The lowest BCUT2D eigenvalue weighted by atomic mass is 10.1. The Labute approximate surface area is 184 Å². The van der Waals surface area contributed by atoms with Crippen LogP contribution in [0.2, 0.25) is 0 Å². The first-order valence-electron chi connectivity index (χ1n) is 9.68. The number of sulfonamides is 1. The highest BCUT2D eigenvalue weighted by Crippen LogP contribution is 2.34. The number of aromatic nitrogens is 5. The monoisotopic (exact) mass is 459 g/mol. The van der Waals surface area contributed by atoms with Crippen LogP contribution in [0.5, 0.6) is 0 Å². The maximum absolute atomic E-state index is 12.2. The molecule has 0 unspecified atom stereocenters. The zero-order chi connectivity index (χ0) is 22.0. The second-order valence-corrected chi connectivity index (χ2v) is 9.85. The summed E-state index contributed by atoms with van der Waals surface area (Å²) in [5.74, 6) is 0.522. The molecule has 4 rings (SSSR count). The largest absolute Gasteiger partial charge is 0.396 e. The molecule has 31 heavy (non-hydrogen) atoms. The topological polar surface area (TPSA) is 123 Å². The molecule has 3 aromatic heterocycles. The highest BCUT2D eigenvalue weighted by molar-refractivity contribution is 7.92. The van der Waals surface area contributed by atoms with Gasteiger partial charge in [-0.2, -0.15) is 0 Å². The van der Waals surface area contributed by atoms with Crippen LogP contribution in [0.15, 0.2) is 29.7 Å². The number of oxime groups is 1. The maximum atomic E-state index is 12.2. The van der Waals surface area contributed by atoms with Gasteiger partial charge >= 0.3 is 0 Å². The highest BCUT2D eigenvalue weighted by atomic mass is 32.2. The molecule has 10 nitrogen and oxygen atoms in total. The third kappa shape index (κ3) is 4.39. The van der Waals surface area contributed by atoms with Gasteiger partial charge in [0.05, 0.1) is 16.8 Å². The van der Waals surface area contributed by atoms with Gasteiger partial charge in [-0.15, -0.1) is 21.5 Å². The first-order valence-corrected chi connectivity index (χ1v) is 12.3. The molecule has 0 spiro atoms. The Hall–Kier alpha value is -2.99. The zero-order valence-corrected chi connectivity index (χ0v) is 18.9. The highest BCUT2D eigenvalue weighted by Gasteiger charge is 2.32. The van der Waals surface area contributed by atoms with Gasteiger partial charge in [0.2, 0.25) is 10.0 Å². The summed E-state index contributed by atoms with van der Waals surface area (Å²) in [6.07, 6.45) is 5.76. The lowest BCUT2D eigenvalue weighted by molar-refractivity contribution is 0.144. The molecule has 1 aliphatic heterocycles. The van der Waals surface area contributed by atoms with Crippen LogP contribution in [0, 0.1) is 6.92 Å². The molecular formula is C19H21N7O3S2. The summed E-state index contributed by atoms with van der Waals surface area (Å²) in [5, 5.41) is 13.4. The molecular weight excluding hydrogens is 438 g/mol. The van der Waals surface area contributed by atoms with Gasteiger partial charge in [0, 0.05) is 30.9 Å². The normalized spacial score (nSPS) is 15.2. The van der Waals surface area contributed by atoms with Gasteiger partial charge in [-0.3, -0.25) is 9.29 Å². The number of pyridine rings is 1. The van der Waals surface area contributed by atoms with Crippen molar-refractivity contribution in [2.24, 2.45) is 5.16 Å². The fraction of sp³-hybridized carbons (Fsp3) is 0.368. The van der Waals surface area contributed by atoms with Crippen LogP contribution in [-0.4, -0.2) is 58.7 Å². The Kier molecular flexibility index (Phi) is 5.92. The minimum absolute atomic E-state index is 0.158. The zero-order valence-electron chi connectivity index (χ0n) is 17.3. The van der Waals surface area contributed by atoms with Gasteiger partial charge in [0.1, 0.15) is 23.0 Å². The van der Waals surface area contributed by atoms with Gasteiger partial charge in [-0.05, 0) is 25.5 Å². The quantitative estimate of drug-likeness (QED) is 0.407. The molecule has 0 saturated carbocycles. The number of hydrogen-bond acceptors (Lipinski definition) is 10. The third-order valence-electron chi connectivity index (χ3n) is 4.51. The predicted molar refractivity (Wildman–Crippen MR) is 118 cm³/mol. The van der Waals surface area contributed by atoms with E-state index < -0.39 is 10.0 Å². The van der Waals surface area contributed by atoms with Gasteiger partial charge in [0.15, 0.2) is 11.6 Å². The summed E-state index contributed by atoms with van der Waals surface area (Å²) in [6, 6.07) is 3.78.